The third-order valence-corrected chi connectivity index (χ3v) is 4.99. The van der Waals surface area contributed by atoms with Gasteiger partial charge in [0.05, 0.1) is 12.2 Å². The van der Waals surface area contributed by atoms with Gasteiger partial charge in [-0.05, 0) is 75.2 Å². The first-order chi connectivity index (χ1) is 8.16. The molecule has 4 heteroatoms. The zero-order valence-electron chi connectivity index (χ0n) is 9.53. The summed E-state index contributed by atoms with van der Waals surface area (Å²) in [5.41, 5.74) is 0.957. The molecule has 0 spiro atoms. The predicted molar refractivity (Wildman–Crippen MR) is 75.0 cm³/mol. The standard InChI is InChI=1S/C13H16Br2O2/c14-11-5-3-9(8-12(11)15)13(16)6-4-10-2-1-7-17-10/h3,5,8,10,13,16H,1-2,4,6-7H2. The number of rotatable bonds is 4. The number of halogens is 2. The van der Waals surface area contributed by atoms with Gasteiger partial charge in [0, 0.05) is 15.6 Å². The largest absolute Gasteiger partial charge is 0.388 e. The Morgan fingerprint density at radius 2 is 2.18 bits per heavy atom. The van der Waals surface area contributed by atoms with E-state index in [9.17, 15) is 5.11 Å². The van der Waals surface area contributed by atoms with Crippen LogP contribution in [-0.2, 0) is 4.74 Å². The molecule has 0 bridgehead atoms. The minimum Gasteiger partial charge on any atom is -0.388 e. The van der Waals surface area contributed by atoms with Gasteiger partial charge < -0.3 is 9.84 Å². The summed E-state index contributed by atoms with van der Waals surface area (Å²) in [5, 5.41) is 10.1. The van der Waals surface area contributed by atoms with Crippen LogP contribution in [0.15, 0.2) is 27.1 Å². The molecule has 0 aromatic heterocycles. The van der Waals surface area contributed by atoms with Crippen LogP contribution in [0.5, 0.6) is 0 Å². The SMILES string of the molecule is OC(CCC1CCCO1)c1ccc(Br)c(Br)c1. The van der Waals surface area contributed by atoms with E-state index >= 15 is 0 Å². The van der Waals surface area contributed by atoms with Crippen LogP contribution in [-0.4, -0.2) is 17.8 Å². The second kappa shape index (κ2) is 6.32. The normalized spacial score (nSPS) is 21.7. The van der Waals surface area contributed by atoms with Gasteiger partial charge >= 0.3 is 0 Å². The van der Waals surface area contributed by atoms with E-state index in [0.717, 1.165) is 46.8 Å². The molecule has 1 heterocycles. The van der Waals surface area contributed by atoms with Crippen LogP contribution in [0.4, 0.5) is 0 Å². The molecule has 2 atom stereocenters. The maximum absolute atomic E-state index is 10.1. The fourth-order valence-corrected chi connectivity index (χ4v) is 2.75. The third-order valence-electron chi connectivity index (χ3n) is 3.11. The van der Waals surface area contributed by atoms with Gasteiger partial charge in [-0.1, -0.05) is 6.07 Å². The van der Waals surface area contributed by atoms with Crippen molar-refractivity contribution in [3.63, 3.8) is 0 Å². The zero-order chi connectivity index (χ0) is 12.3. The van der Waals surface area contributed by atoms with Crippen molar-refractivity contribution >= 4 is 31.9 Å². The number of hydrogen-bond acceptors (Lipinski definition) is 2. The van der Waals surface area contributed by atoms with E-state index in [-0.39, 0.29) is 0 Å². The zero-order valence-corrected chi connectivity index (χ0v) is 12.7. The number of aliphatic hydroxyl groups is 1. The van der Waals surface area contributed by atoms with Gasteiger partial charge in [0.25, 0.3) is 0 Å². The topological polar surface area (TPSA) is 29.5 Å². The lowest BCUT2D eigenvalue weighted by Gasteiger charge is -2.14. The summed E-state index contributed by atoms with van der Waals surface area (Å²) in [6.45, 7) is 0.880. The van der Waals surface area contributed by atoms with Gasteiger partial charge in [-0.25, -0.2) is 0 Å². The number of benzene rings is 1. The van der Waals surface area contributed by atoms with E-state index in [0.29, 0.717) is 6.10 Å². The summed E-state index contributed by atoms with van der Waals surface area (Å²) in [6, 6.07) is 5.87. The number of aliphatic hydroxyl groups excluding tert-OH is 1. The molecule has 0 amide bonds. The molecule has 2 nitrogen and oxygen atoms in total. The Morgan fingerprint density at radius 1 is 1.35 bits per heavy atom. The Hall–Kier alpha value is 0.1000. The lowest BCUT2D eigenvalue weighted by molar-refractivity contribution is 0.0812. The van der Waals surface area contributed by atoms with Crippen LogP contribution in [0, 0.1) is 0 Å². The molecule has 1 aromatic rings. The summed E-state index contributed by atoms with van der Waals surface area (Å²) in [5.74, 6) is 0. The third kappa shape index (κ3) is 3.78. The van der Waals surface area contributed by atoms with E-state index in [1.807, 2.05) is 18.2 Å². The Balaban J connectivity index is 1.89. The molecule has 1 aliphatic rings. The van der Waals surface area contributed by atoms with Crippen LogP contribution >= 0.6 is 31.9 Å². The maximum atomic E-state index is 10.1. The second-order valence-electron chi connectivity index (χ2n) is 4.40. The van der Waals surface area contributed by atoms with Crippen LogP contribution < -0.4 is 0 Å². The summed E-state index contributed by atoms with van der Waals surface area (Å²) < 4.78 is 7.54. The van der Waals surface area contributed by atoms with E-state index in [1.54, 1.807) is 0 Å². The molecule has 1 aromatic carbocycles. The van der Waals surface area contributed by atoms with E-state index in [1.165, 1.54) is 0 Å². The Bertz CT molecular complexity index is 376. The Morgan fingerprint density at radius 3 is 2.82 bits per heavy atom. The van der Waals surface area contributed by atoms with Gasteiger partial charge in [0.1, 0.15) is 0 Å². The quantitative estimate of drug-likeness (QED) is 0.868. The smallest absolute Gasteiger partial charge is 0.0791 e. The van der Waals surface area contributed by atoms with Crippen molar-refractivity contribution in [2.24, 2.45) is 0 Å². The molecule has 2 unspecified atom stereocenters. The molecule has 1 fully saturated rings. The monoisotopic (exact) mass is 362 g/mol. The minimum atomic E-state index is -0.399. The van der Waals surface area contributed by atoms with Gasteiger partial charge in [0.15, 0.2) is 0 Å². The van der Waals surface area contributed by atoms with Crippen molar-refractivity contribution in [3.05, 3.63) is 32.7 Å². The fourth-order valence-electron chi connectivity index (χ4n) is 2.10. The van der Waals surface area contributed by atoms with Crippen molar-refractivity contribution < 1.29 is 9.84 Å². The Kier molecular flexibility index (Phi) is 5.03. The van der Waals surface area contributed by atoms with E-state index in [4.69, 9.17) is 4.74 Å². The molecule has 17 heavy (non-hydrogen) atoms. The molecule has 2 rings (SSSR count). The first kappa shape index (κ1) is 13.5. The van der Waals surface area contributed by atoms with Gasteiger partial charge in [-0.2, -0.15) is 0 Å². The number of ether oxygens (including phenoxy) is 1. The van der Waals surface area contributed by atoms with Crippen LogP contribution in [0.25, 0.3) is 0 Å². The Labute approximate surface area is 119 Å². The van der Waals surface area contributed by atoms with Gasteiger partial charge in [-0.3, -0.25) is 0 Å². The molecule has 1 saturated heterocycles. The molecule has 94 valence electrons. The van der Waals surface area contributed by atoms with Crippen molar-refractivity contribution in [2.75, 3.05) is 6.61 Å². The first-order valence-electron chi connectivity index (χ1n) is 5.91. The predicted octanol–water partition coefficient (Wildman–Crippen LogP) is 4.20. The molecule has 1 aliphatic heterocycles. The molecule has 0 radical (unpaired) electrons. The van der Waals surface area contributed by atoms with Crippen molar-refractivity contribution in [1.29, 1.82) is 0 Å². The number of hydrogen-bond donors (Lipinski definition) is 1. The lowest BCUT2D eigenvalue weighted by Crippen LogP contribution is -2.08. The molecule has 0 aliphatic carbocycles. The highest BCUT2D eigenvalue weighted by Gasteiger charge is 2.17. The van der Waals surface area contributed by atoms with Crippen molar-refractivity contribution in [1.82, 2.24) is 0 Å². The highest BCUT2D eigenvalue weighted by atomic mass is 79.9. The van der Waals surface area contributed by atoms with Crippen molar-refractivity contribution in [3.8, 4) is 0 Å². The lowest BCUT2D eigenvalue weighted by atomic mass is 10.0. The van der Waals surface area contributed by atoms with Gasteiger partial charge in [-0.15, -0.1) is 0 Å². The molecule has 0 saturated carbocycles. The summed E-state index contributed by atoms with van der Waals surface area (Å²) in [4.78, 5) is 0. The summed E-state index contributed by atoms with van der Waals surface area (Å²) in [6.07, 6.45) is 3.95. The fraction of sp³-hybridized carbons (Fsp3) is 0.538. The van der Waals surface area contributed by atoms with Crippen LogP contribution in [0.1, 0.15) is 37.4 Å². The maximum Gasteiger partial charge on any atom is 0.0791 e. The highest BCUT2D eigenvalue weighted by molar-refractivity contribution is 9.13. The van der Waals surface area contributed by atoms with Crippen LogP contribution in [0.2, 0.25) is 0 Å². The summed E-state index contributed by atoms with van der Waals surface area (Å²) in [7, 11) is 0. The average molecular weight is 364 g/mol. The molecule has 1 N–H and O–H groups in total. The van der Waals surface area contributed by atoms with E-state index < -0.39 is 6.10 Å². The minimum absolute atomic E-state index is 0.350. The van der Waals surface area contributed by atoms with Gasteiger partial charge in [0.2, 0.25) is 0 Å². The van der Waals surface area contributed by atoms with E-state index in [2.05, 4.69) is 31.9 Å². The second-order valence-corrected chi connectivity index (χ2v) is 6.11. The highest BCUT2D eigenvalue weighted by Crippen LogP contribution is 2.29. The molecular weight excluding hydrogens is 348 g/mol. The molecular formula is C13H16Br2O2. The summed E-state index contributed by atoms with van der Waals surface area (Å²) >= 11 is 6.87. The van der Waals surface area contributed by atoms with Crippen LogP contribution in [0.3, 0.4) is 0 Å². The van der Waals surface area contributed by atoms with Crippen molar-refractivity contribution in [2.45, 2.75) is 37.9 Å². The first-order valence-corrected chi connectivity index (χ1v) is 7.50. The average Bonchev–Trinajstić information content (AvgIpc) is 2.82.